The molecule has 17 heavy (non-hydrogen) atoms. The molecular formula is C13H18ClN3. The van der Waals surface area contributed by atoms with Gasteiger partial charge in [-0.1, -0.05) is 12.8 Å². The van der Waals surface area contributed by atoms with Crippen molar-refractivity contribution < 1.29 is 0 Å². The molecule has 1 aliphatic carbocycles. The maximum absolute atomic E-state index is 5.89. The fourth-order valence-electron chi connectivity index (χ4n) is 3.40. The standard InChI is InChI=1S/C13H18ClN3/c14-13-15-8-7-12(16-13)17-9-3-5-10-4-1-2-6-11(10)17/h7-8,10-11H,1-6,9H2/t10-,11-/m0/s1. The second-order valence-electron chi connectivity index (χ2n) is 5.13. The van der Waals surface area contributed by atoms with Gasteiger partial charge in [-0.2, -0.15) is 0 Å². The van der Waals surface area contributed by atoms with Crippen LogP contribution < -0.4 is 4.90 Å². The molecule has 0 unspecified atom stereocenters. The lowest BCUT2D eigenvalue weighted by Gasteiger charge is -2.44. The van der Waals surface area contributed by atoms with Gasteiger partial charge in [0.05, 0.1) is 0 Å². The summed E-state index contributed by atoms with van der Waals surface area (Å²) in [5.41, 5.74) is 0. The number of hydrogen-bond acceptors (Lipinski definition) is 3. The zero-order valence-electron chi connectivity index (χ0n) is 9.98. The summed E-state index contributed by atoms with van der Waals surface area (Å²) >= 11 is 5.89. The molecule has 0 N–H and O–H groups in total. The fourth-order valence-corrected chi connectivity index (χ4v) is 3.54. The summed E-state index contributed by atoms with van der Waals surface area (Å²) in [6.45, 7) is 1.12. The predicted octanol–water partition coefficient (Wildman–Crippen LogP) is 3.29. The summed E-state index contributed by atoms with van der Waals surface area (Å²) in [4.78, 5) is 10.8. The second kappa shape index (κ2) is 4.81. The number of halogens is 1. The normalized spacial score (nSPS) is 28.9. The molecule has 1 aliphatic heterocycles. The molecule has 0 aromatic carbocycles. The molecule has 3 nitrogen and oxygen atoms in total. The molecule has 1 aromatic heterocycles. The van der Waals surface area contributed by atoms with E-state index < -0.39 is 0 Å². The van der Waals surface area contributed by atoms with Crippen LogP contribution in [0.2, 0.25) is 5.28 Å². The number of nitrogens with zero attached hydrogens (tertiary/aromatic N) is 3. The highest BCUT2D eigenvalue weighted by atomic mass is 35.5. The van der Waals surface area contributed by atoms with E-state index in [4.69, 9.17) is 11.6 Å². The Labute approximate surface area is 107 Å². The molecule has 1 saturated carbocycles. The van der Waals surface area contributed by atoms with Gasteiger partial charge in [0.2, 0.25) is 5.28 Å². The van der Waals surface area contributed by atoms with Gasteiger partial charge in [-0.15, -0.1) is 0 Å². The first kappa shape index (κ1) is 11.3. The van der Waals surface area contributed by atoms with Gasteiger partial charge in [0, 0.05) is 18.8 Å². The van der Waals surface area contributed by atoms with Crippen LogP contribution in [0, 0.1) is 5.92 Å². The number of anilines is 1. The van der Waals surface area contributed by atoms with E-state index in [1.54, 1.807) is 6.20 Å². The van der Waals surface area contributed by atoms with Gasteiger partial charge in [-0.25, -0.2) is 9.97 Å². The Balaban J connectivity index is 1.85. The minimum Gasteiger partial charge on any atom is -0.353 e. The van der Waals surface area contributed by atoms with Crippen LogP contribution in [0.3, 0.4) is 0 Å². The van der Waals surface area contributed by atoms with E-state index in [9.17, 15) is 0 Å². The molecular weight excluding hydrogens is 234 g/mol. The molecule has 1 saturated heterocycles. The van der Waals surface area contributed by atoms with Crippen LogP contribution in [0.4, 0.5) is 5.82 Å². The van der Waals surface area contributed by atoms with E-state index in [2.05, 4.69) is 14.9 Å². The van der Waals surface area contributed by atoms with Crippen LogP contribution in [-0.2, 0) is 0 Å². The number of hydrogen-bond donors (Lipinski definition) is 0. The number of aromatic nitrogens is 2. The van der Waals surface area contributed by atoms with Gasteiger partial charge < -0.3 is 4.90 Å². The smallest absolute Gasteiger partial charge is 0.224 e. The second-order valence-corrected chi connectivity index (χ2v) is 5.47. The molecule has 2 heterocycles. The monoisotopic (exact) mass is 251 g/mol. The number of rotatable bonds is 1. The SMILES string of the molecule is Clc1nccc(N2CCC[C@@H]3CCCC[C@@H]32)n1. The van der Waals surface area contributed by atoms with Crippen molar-refractivity contribution in [2.45, 2.75) is 44.6 Å². The van der Waals surface area contributed by atoms with Crippen LogP contribution in [-0.4, -0.2) is 22.6 Å². The van der Waals surface area contributed by atoms with Crippen molar-refractivity contribution in [3.8, 4) is 0 Å². The molecule has 0 radical (unpaired) electrons. The third-order valence-electron chi connectivity index (χ3n) is 4.15. The molecule has 2 fully saturated rings. The Kier molecular flexibility index (Phi) is 3.19. The zero-order chi connectivity index (χ0) is 11.7. The summed E-state index contributed by atoms with van der Waals surface area (Å²) in [5.74, 6) is 1.88. The van der Waals surface area contributed by atoms with Gasteiger partial charge in [0.25, 0.3) is 0 Å². The summed E-state index contributed by atoms with van der Waals surface area (Å²) in [6.07, 6.45) is 9.89. The quantitative estimate of drug-likeness (QED) is 0.718. The Morgan fingerprint density at radius 2 is 2.00 bits per heavy atom. The summed E-state index contributed by atoms with van der Waals surface area (Å²) in [7, 11) is 0. The Morgan fingerprint density at radius 1 is 1.18 bits per heavy atom. The molecule has 0 amide bonds. The molecule has 3 rings (SSSR count). The van der Waals surface area contributed by atoms with Crippen molar-refractivity contribution in [1.82, 2.24) is 9.97 Å². The van der Waals surface area contributed by atoms with Crippen LogP contribution in [0.25, 0.3) is 0 Å². The van der Waals surface area contributed by atoms with Gasteiger partial charge in [0.15, 0.2) is 0 Å². The van der Waals surface area contributed by atoms with Crippen molar-refractivity contribution in [2.24, 2.45) is 5.92 Å². The van der Waals surface area contributed by atoms with E-state index in [0.29, 0.717) is 11.3 Å². The third kappa shape index (κ3) is 2.25. The van der Waals surface area contributed by atoms with Crippen molar-refractivity contribution in [3.63, 3.8) is 0 Å². The highest BCUT2D eigenvalue weighted by Crippen LogP contribution is 2.37. The Morgan fingerprint density at radius 3 is 2.88 bits per heavy atom. The van der Waals surface area contributed by atoms with Gasteiger partial charge in [0.1, 0.15) is 5.82 Å². The van der Waals surface area contributed by atoms with Crippen LogP contribution in [0.5, 0.6) is 0 Å². The summed E-state index contributed by atoms with van der Waals surface area (Å²) in [5, 5.41) is 0.362. The van der Waals surface area contributed by atoms with Crippen LogP contribution in [0.15, 0.2) is 12.3 Å². The average Bonchev–Trinajstić information content (AvgIpc) is 2.38. The summed E-state index contributed by atoms with van der Waals surface area (Å²) < 4.78 is 0. The Bertz CT molecular complexity index is 394. The predicted molar refractivity (Wildman–Crippen MR) is 69.4 cm³/mol. The van der Waals surface area contributed by atoms with Gasteiger partial charge >= 0.3 is 0 Å². The van der Waals surface area contributed by atoms with E-state index in [1.807, 2.05) is 6.07 Å². The molecule has 4 heteroatoms. The molecule has 0 bridgehead atoms. The van der Waals surface area contributed by atoms with Crippen molar-refractivity contribution in [2.75, 3.05) is 11.4 Å². The fraction of sp³-hybridized carbons (Fsp3) is 0.692. The first-order chi connectivity index (χ1) is 8.34. The van der Waals surface area contributed by atoms with Crippen LogP contribution >= 0.6 is 11.6 Å². The van der Waals surface area contributed by atoms with Crippen molar-refractivity contribution >= 4 is 17.4 Å². The first-order valence-corrected chi connectivity index (χ1v) is 6.97. The highest BCUT2D eigenvalue weighted by molar-refractivity contribution is 6.28. The first-order valence-electron chi connectivity index (χ1n) is 6.60. The zero-order valence-corrected chi connectivity index (χ0v) is 10.7. The van der Waals surface area contributed by atoms with E-state index in [1.165, 1.54) is 38.5 Å². The third-order valence-corrected chi connectivity index (χ3v) is 4.33. The topological polar surface area (TPSA) is 29.0 Å². The Hall–Kier alpha value is -0.830. The average molecular weight is 252 g/mol. The largest absolute Gasteiger partial charge is 0.353 e. The highest BCUT2D eigenvalue weighted by Gasteiger charge is 2.33. The lowest BCUT2D eigenvalue weighted by molar-refractivity contribution is 0.242. The number of piperidine rings is 1. The van der Waals surface area contributed by atoms with Gasteiger partial charge in [-0.3, -0.25) is 0 Å². The maximum Gasteiger partial charge on any atom is 0.224 e. The molecule has 2 aliphatic rings. The summed E-state index contributed by atoms with van der Waals surface area (Å²) in [6, 6.07) is 2.67. The lowest BCUT2D eigenvalue weighted by atomic mass is 9.78. The number of fused-ring (bicyclic) bond motifs is 1. The van der Waals surface area contributed by atoms with Crippen LogP contribution in [0.1, 0.15) is 38.5 Å². The van der Waals surface area contributed by atoms with Crippen molar-refractivity contribution in [1.29, 1.82) is 0 Å². The molecule has 1 aromatic rings. The minimum absolute atomic E-state index is 0.362. The maximum atomic E-state index is 5.89. The molecule has 92 valence electrons. The van der Waals surface area contributed by atoms with Crippen molar-refractivity contribution in [3.05, 3.63) is 17.5 Å². The lowest BCUT2D eigenvalue weighted by Crippen LogP contribution is -2.47. The minimum atomic E-state index is 0.362. The van der Waals surface area contributed by atoms with Gasteiger partial charge in [-0.05, 0) is 49.3 Å². The molecule has 2 atom stereocenters. The molecule has 0 spiro atoms. The van der Waals surface area contributed by atoms with E-state index in [0.717, 1.165) is 18.3 Å². The van der Waals surface area contributed by atoms with E-state index in [-0.39, 0.29) is 0 Å². The van der Waals surface area contributed by atoms with E-state index >= 15 is 0 Å².